The molecule has 0 N–H and O–H groups in total. The summed E-state index contributed by atoms with van der Waals surface area (Å²) < 4.78 is 24.4. The lowest BCUT2D eigenvalue weighted by Crippen LogP contribution is -1.96. The van der Waals surface area contributed by atoms with E-state index in [1.54, 1.807) is 6.92 Å². The van der Waals surface area contributed by atoms with Crippen LogP contribution in [0.4, 0.5) is 14.5 Å². The molecule has 0 saturated heterocycles. The molecule has 1 aromatic carbocycles. The standard InChI is InChI=1S/C8H7F2NO2/c1-5-2-3-6(8(9)10)7(4-5)11(12)13/h2-4,8H,1H3. The topological polar surface area (TPSA) is 43.1 Å². The van der Waals surface area contributed by atoms with Gasteiger partial charge in [-0.3, -0.25) is 10.1 Å². The van der Waals surface area contributed by atoms with E-state index in [0.29, 0.717) is 5.56 Å². The van der Waals surface area contributed by atoms with Crippen molar-refractivity contribution in [2.45, 2.75) is 13.3 Å². The largest absolute Gasteiger partial charge is 0.278 e. The van der Waals surface area contributed by atoms with Gasteiger partial charge in [-0.05, 0) is 18.6 Å². The molecule has 0 bridgehead atoms. The average molecular weight is 187 g/mol. The highest BCUT2D eigenvalue weighted by Crippen LogP contribution is 2.29. The highest BCUT2D eigenvalue weighted by molar-refractivity contribution is 5.43. The summed E-state index contributed by atoms with van der Waals surface area (Å²) in [6.07, 6.45) is -2.80. The van der Waals surface area contributed by atoms with E-state index >= 15 is 0 Å². The van der Waals surface area contributed by atoms with Crippen molar-refractivity contribution in [1.82, 2.24) is 0 Å². The van der Waals surface area contributed by atoms with Crippen molar-refractivity contribution in [1.29, 1.82) is 0 Å². The van der Waals surface area contributed by atoms with Gasteiger partial charge in [-0.25, -0.2) is 8.78 Å². The third kappa shape index (κ3) is 1.99. The van der Waals surface area contributed by atoms with Gasteiger partial charge >= 0.3 is 0 Å². The van der Waals surface area contributed by atoms with Gasteiger partial charge in [-0.2, -0.15) is 0 Å². The molecule has 0 amide bonds. The van der Waals surface area contributed by atoms with E-state index < -0.39 is 22.6 Å². The first-order chi connectivity index (χ1) is 6.02. The van der Waals surface area contributed by atoms with Crippen LogP contribution in [0.5, 0.6) is 0 Å². The second kappa shape index (κ2) is 3.47. The lowest BCUT2D eigenvalue weighted by molar-refractivity contribution is -0.386. The Morgan fingerprint density at radius 2 is 2.08 bits per heavy atom. The molecular weight excluding hydrogens is 180 g/mol. The van der Waals surface area contributed by atoms with E-state index in [9.17, 15) is 18.9 Å². The van der Waals surface area contributed by atoms with Gasteiger partial charge in [-0.1, -0.05) is 6.07 Å². The number of halogens is 2. The fourth-order valence-corrected chi connectivity index (χ4v) is 0.996. The van der Waals surface area contributed by atoms with Crippen LogP contribution in [0.2, 0.25) is 0 Å². The lowest BCUT2D eigenvalue weighted by Gasteiger charge is -2.01. The number of nitro benzene ring substituents is 1. The molecule has 0 aromatic heterocycles. The molecule has 0 unspecified atom stereocenters. The number of nitro groups is 1. The second-order valence-corrected chi connectivity index (χ2v) is 2.62. The zero-order chi connectivity index (χ0) is 10.0. The quantitative estimate of drug-likeness (QED) is 0.527. The van der Waals surface area contributed by atoms with Crippen LogP contribution in [0.3, 0.4) is 0 Å². The van der Waals surface area contributed by atoms with Crippen molar-refractivity contribution in [2.24, 2.45) is 0 Å². The van der Waals surface area contributed by atoms with Crippen LogP contribution in [0.15, 0.2) is 18.2 Å². The van der Waals surface area contributed by atoms with Crippen molar-refractivity contribution < 1.29 is 13.7 Å². The molecule has 0 spiro atoms. The first-order valence-electron chi connectivity index (χ1n) is 3.55. The molecule has 0 fully saturated rings. The summed E-state index contributed by atoms with van der Waals surface area (Å²) in [7, 11) is 0. The van der Waals surface area contributed by atoms with Crippen molar-refractivity contribution >= 4 is 5.69 Å². The molecular formula is C8H7F2NO2. The third-order valence-electron chi connectivity index (χ3n) is 1.62. The van der Waals surface area contributed by atoms with Gasteiger partial charge in [-0.15, -0.1) is 0 Å². The molecule has 0 aliphatic rings. The average Bonchev–Trinajstić information content (AvgIpc) is 2.03. The highest BCUT2D eigenvalue weighted by Gasteiger charge is 2.20. The monoisotopic (exact) mass is 187 g/mol. The first-order valence-corrected chi connectivity index (χ1v) is 3.55. The lowest BCUT2D eigenvalue weighted by atomic mass is 10.1. The predicted molar refractivity (Wildman–Crippen MR) is 42.8 cm³/mol. The van der Waals surface area contributed by atoms with E-state index in [2.05, 4.69) is 0 Å². The van der Waals surface area contributed by atoms with Crippen LogP contribution in [-0.2, 0) is 0 Å². The van der Waals surface area contributed by atoms with Crippen LogP contribution in [0.1, 0.15) is 17.6 Å². The van der Waals surface area contributed by atoms with Crippen LogP contribution in [0, 0.1) is 17.0 Å². The van der Waals surface area contributed by atoms with Crippen molar-refractivity contribution in [3.05, 3.63) is 39.4 Å². The number of nitrogens with zero attached hydrogens (tertiary/aromatic N) is 1. The predicted octanol–water partition coefficient (Wildman–Crippen LogP) is 2.84. The molecule has 3 nitrogen and oxygen atoms in total. The van der Waals surface area contributed by atoms with Crippen LogP contribution in [-0.4, -0.2) is 4.92 Å². The van der Waals surface area contributed by atoms with Gasteiger partial charge < -0.3 is 0 Å². The summed E-state index contributed by atoms with van der Waals surface area (Å²) in [5, 5.41) is 10.4. The van der Waals surface area contributed by atoms with E-state index in [4.69, 9.17) is 0 Å². The number of benzene rings is 1. The maximum absolute atomic E-state index is 12.2. The molecule has 1 rings (SSSR count). The summed E-state index contributed by atoms with van der Waals surface area (Å²) in [5.74, 6) is 0. The van der Waals surface area contributed by atoms with Crippen LogP contribution >= 0.6 is 0 Å². The molecule has 0 heterocycles. The minimum Gasteiger partial charge on any atom is -0.258 e. The van der Waals surface area contributed by atoms with Gasteiger partial charge in [0.2, 0.25) is 0 Å². The number of hydrogen-bond donors (Lipinski definition) is 0. The molecule has 0 aliphatic heterocycles. The Morgan fingerprint density at radius 1 is 1.46 bits per heavy atom. The molecule has 0 radical (unpaired) electrons. The summed E-state index contributed by atoms with van der Waals surface area (Å²) >= 11 is 0. The second-order valence-electron chi connectivity index (χ2n) is 2.62. The Bertz CT molecular complexity index is 339. The summed E-state index contributed by atoms with van der Waals surface area (Å²) in [6, 6.07) is 3.65. The molecule has 0 atom stereocenters. The molecule has 5 heteroatoms. The van der Waals surface area contributed by atoms with Gasteiger partial charge in [0.05, 0.1) is 10.5 Å². The van der Waals surface area contributed by atoms with E-state index in [1.807, 2.05) is 0 Å². The van der Waals surface area contributed by atoms with Crippen molar-refractivity contribution in [3.8, 4) is 0 Å². The zero-order valence-corrected chi connectivity index (χ0v) is 6.83. The molecule has 0 aliphatic carbocycles. The Morgan fingerprint density at radius 3 is 2.54 bits per heavy atom. The number of rotatable bonds is 2. The number of alkyl halides is 2. The Hall–Kier alpha value is -1.52. The Balaban J connectivity index is 3.27. The Labute approximate surface area is 73.1 Å². The first kappa shape index (κ1) is 9.57. The van der Waals surface area contributed by atoms with Crippen LogP contribution in [0.25, 0.3) is 0 Å². The zero-order valence-electron chi connectivity index (χ0n) is 6.83. The maximum Gasteiger partial charge on any atom is 0.278 e. The maximum atomic E-state index is 12.2. The fourth-order valence-electron chi connectivity index (χ4n) is 0.996. The molecule has 13 heavy (non-hydrogen) atoms. The fraction of sp³-hybridized carbons (Fsp3) is 0.250. The van der Waals surface area contributed by atoms with Gasteiger partial charge in [0.25, 0.3) is 12.1 Å². The minimum atomic E-state index is -2.80. The normalized spacial score (nSPS) is 10.5. The van der Waals surface area contributed by atoms with Gasteiger partial charge in [0.1, 0.15) is 0 Å². The van der Waals surface area contributed by atoms with E-state index in [0.717, 1.165) is 12.1 Å². The third-order valence-corrected chi connectivity index (χ3v) is 1.62. The summed E-state index contributed by atoms with van der Waals surface area (Å²) in [6.45, 7) is 1.61. The Kier molecular flexibility index (Phi) is 2.55. The smallest absolute Gasteiger partial charge is 0.258 e. The van der Waals surface area contributed by atoms with E-state index in [1.165, 1.54) is 6.07 Å². The minimum absolute atomic E-state index is 0.519. The molecule has 0 saturated carbocycles. The van der Waals surface area contributed by atoms with Gasteiger partial charge in [0, 0.05) is 6.07 Å². The van der Waals surface area contributed by atoms with Crippen LogP contribution < -0.4 is 0 Å². The number of aryl methyl sites for hydroxylation is 1. The van der Waals surface area contributed by atoms with E-state index in [-0.39, 0.29) is 0 Å². The summed E-state index contributed by atoms with van der Waals surface area (Å²) in [4.78, 5) is 9.55. The van der Waals surface area contributed by atoms with Gasteiger partial charge in [0.15, 0.2) is 0 Å². The van der Waals surface area contributed by atoms with Crippen molar-refractivity contribution in [2.75, 3.05) is 0 Å². The summed E-state index contributed by atoms with van der Waals surface area (Å²) in [5.41, 5.74) is -0.457. The highest BCUT2D eigenvalue weighted by atomic mass is 19.3. The number of hydrogen-bond acceptors (Lipinski definition) is 2. The molecule has 1 aromatic rings. The molecule has 70 valence electrons. The van der Waals surface area contributed by atoms with Crippen molar-refractivity contribution in [3.63, 3.8) is 0 Å². The SMILES string of the molecule is Cc1ccc(C(F)F)c([N+](=O)[O-])c1.